The summed E-state index contributed by atoms with van der Waals surface area (Å²) in [7, 11) is 0. The minimum Gasteiger partial charge on any atom is -0.342 e. The van der Waals surface area contributed by atoms with Crippen LogP contribution in [-0.4, -0.2) is 46.8 Å². The van der Waals surface area contributed by atoms with Gasteiger partial charge in [-0.15, -0.1) is 12.4 Å². The molecule has 1 aromatic carbocycles. The van der Waals surface area contributed by atoms with Crippen LogP contribution in [0.15, 0.2) is 30.3 Å². The van der Waals surface area contributed by atoms with Gasteiger partial charge < -0.3 is 10.2 Å². The molecule has 146 valence electrons. The minimum atomic E-state index is 0. The highest BCUT2D eigenvalue weighted by Crippen LogP contribution is 2.37. The first kappa shape index (κ1) is 19.9. The number of nitrogens with one attached hydrogen (secondary N) is 1. The van der Waals surface area contributed by atoms with E-state index >= 15 is 0 Å². The monoisotopic (exact) mass is 388 g/mol. The summed E-state index contributed by atoms with van der Waals surface area (Å²) in [5, 5.41) is 8.16. The predicted molar refractivity (Wildman–Crippen MR) is 110 cm³/mol. The van der Waals surface area contributed by atoms with E-state index in [1.165, 1.54) is 6.42 Å². The number of nitrogens with zero attached hydrogens (tertiary/aromatic N) is 3. The standard InChI is InChI=1S/C21H28N4O.ClH/c1-16-19(17(2)25(23-16)18-6-4-3-5-7-18)14-20(26)24-12-9-21(10-13-24)8-11-22-15-21;/h3-7,22H,8-15H2,1-2H3;1H. The molecule has 1 spiro atoms. The van der Waals surface area contributed by atoms with Crippen molar-refractivity contribution in [2.45, 2.75) is 39.5 Å². The highest BCUT2D eigenvalue weighted by Gasteiger charge is 2.38. The second kappa shape index (κ2) is 8.03. The van der Waals surface area contributed by atoms with Crippen LogP contribution in [0.1, 0.15) is 36.2 Å². The number of hydrogen-bond acceptors (Lipinski definition) is 3. The number of aromatic nitrogens is 2. The number of carbonyl (C=O) groups excluding carboxylic acids is 1. The molecule has 0 saturated carbocycles. The smallest absolute Gasteiger partial charge is 0.227 e. The van der Waals surface area contributed by atoms with E-state index in [0.29, 0.717) is 11.8 Å². The van der Waals surface area contributed by atoms with Crippen molar-refractivity contribution in [3.05, 3.63) is 47.3 Å². The molecule has 1 aromatic heterocycles. The summed E-state index contributed by atoms with van der Waals surface area (Å²) >= 11 is 0. The number of hydrogen-bond donors (Lipinski definition) is 1. The van der Waals surface area contributed by atoms with Gasteiger partial charge in [-0.2, -0.15) is 5.10 Å². The lowest BCUT2D eigenvalue weighted by atomic mass is 9.78. The van der Waals surface area contributed by atoms with Crippen LogP contribution in [0.2, 0.25) is 0 Å². The Morgan fingerprint density at radius 3 is 2.48 bits per heavy atom. The molecule has 2 fully saturated rings. The third-order valence-corrected chi connectivity index (χ3v) is 6.28. The van der Waals surface area contributed by atoms with Gasteiger partial charge in [0.1, 0.15) is 0 Å². The van der Waals surface area contributed by atoms with Crippen molar-refractivity contribution in [1.82, 2.24) is 20.0 Å². The lowest BCUT2D eigenvalue weighted by Gasteiger charge is -2.39. The molecule has 1 N–H and O–H groups in total. The molecule has 2 aromatic rings. The number of halogens is 1. The zero-order valence-corrected chi connectivity index (χ0v) is 17.0. The molecule has 0 radical (unpaired) electrons. The summed E-state index contributed by atoms with van der Waals surface area (Å²) in [5.41, 5.74) is 4.58. The van der Waals surface area contributed by atoms with Crippen molar-refractivity contribution >= 4 is 18.3 Å². The summed E-state index contributed by atoms with van der Waals surface area (Å²) in [5.74, 6) is 0.240. The van der Waals surface area contributed by atoms with Crippen molar-refractivity contribution in [2.24, 2.45) is 5.41 Å². The zero-order chi connectivity index (χ0) is 18.1. The van der Waals surface area contributed by atoms with Crippen LogP contribution in [0.4, 0.5) is 0 Å². The van der Waals surface area contributed by atoms with Crippen LogP contribution >= 0.6 is 12.4 Å². The largest absolute Gasteiger partial charge is 0.342 e. The van der Waals surface area contributed by atoms with Crippen molar-refractivity contribution in [3.8, 4) is 5.69 Å². The van der Waals surface area contributed by atoms with Crippen LogP contribution in [0.3, 0.4) is 0 Å². The van der Waals surface area contributed by atoms with Gasteiger partial charge in [0.15, 0.2) is 0 Å². The molecule has 1 amide bonds. The number of likely N-dealkylation sites (tertiary alicyclic amines) is 1. The van der Waals surface area contributed by atoms with E-state index in [2.05, 4.69) is 22.2 Å². The first-order valence-corrected chi connectivity index (χ1v) is 9.67. The van der Waals surface area contributed by atoms with Gasteiger partial charge in [0.2, 0.25) is 5.91 Å². The van der Waals surface area contributed by atoms with E-state index in [1.807, 2.05) is 41.9 Å². The lowest BCUT2D eigenvalue weighted by Crippen LogP contribution is -2.44. The summed E-state index contributed by atoms with van der Waals surface area (Å²) in [6.45, 7) is 8.11. The molecule has 6 heteroatoms. The Kier molecular flexibility index (Phi) is 5.92. The van der Waals surface area contributed by atoms with Gasteiger partial charge >= 0.3 is 0 Å². The number of piperidine rings is 1. The summed E-state index contributed by atoms with van der Waals surface area (Å²) in [6.07, 6.45) is 3.98. The van der Waals surface area contributed by atoms with Gasteiger partial charge in [0, 0.05) is 30.9 Å². The van der Waals surface area contributed by atoms with Gasteiger partial charge in [-0.1, -0.05) is 18.2 Å². The number of rotatable bonds is 3. The number of para-hydroxylation sites is 1. The molecule has 2 saturated heterocycles. The molecule has 2 aliphatic heterocycles. The predicted octanol–water partition coefficient (Wildman–Crippen LogP) is 3.06. The van der Waals surface area contributed by atoms with E-state index in [9.17, 15) is 4.79 Å². The average molecular weight is 389 g/mol. The molecule has 0 unspecified atom stereocenters. The average Bonchev–Trinajstić information content (AvgIpc) is 3.23. The first-order chi connectivity index (χ1) is 12.6. The molecular formula is C21H29ClN4O. The van der Waals surface area contributed by atoms with Crippen molar-refractivity contribution in [2.75, 3.05) is 26.2 Å². The number of carbonyl (C=O) groups is 1. The van der Waals surface area contributed by atoms with E-state index < -0.39 is 0 Å². The van der Waals surface area contributed by atoms with E-state index in [4.69, 9.17) is 0 Å². The molecule has 0 bridgehead atoms. The fourth-order valence-corrected chi connectivity index (χ4v) is 4.47. The summed E-state index contributed by atoms with van der Waals surface area (Å²) in [4.78, 5) is 15.0. The fourth-order valence-electron chi connectivity index (χ4n) is 4.47. The highest BCUT2D eigenvalue weighted by atomic mass is 35.5. The molecule has 3 heterocycles. The molecule has 0 aliphatic carbocycles. The summed E-state index contributed by atoms with van der Waals surface area (Å²) in [6, 6.07) is 10.1. The highest BCUT2D eigenvalue weighted by molar-refractivity contribution is 5.85. The van der Waals surface area contributed by atoms with Gasteiger partial charge in [-0.25, -0.2) is 4.68 Å². The Morgan fingerprint density at radius 2 is 1.85 bits per heavy atom. The Morgan fingerprint density at radius 1 is 1.15 bits per heavy atom. The fraction of sp³-hybridized carbons (Fsp3) is 0.524. The van der Waals surface area contributed by atoms with Crippen LogP contribution < -0.4 is 5.32 Å². The molecule has 0 atom stereocenters. The maximum Gasteiger partial charge on any atom is 0.227 e. The topological polar surface area (TPSA) is 50.2 Å². The van der Waals surface area contributed by atoms with E-state index in [-0.39, 0.29) is 18.3 Å². The molecular weight excluding hydrogens is 360 g/mol. The van der Waals surface area contributed by atoms with Crippen molar-refractivity contribution < 1.29 is 4.79 Å². The van der Waals surface area contributed by atoms with E-state index in [0.717, 1.165) is 61.7 Å². The van der Waals surface area contributed by atoms with Gasteiger partial charge in [-0.3, -0.25) is 4.79 Å². The quantitative estimate of drug-likeness (QED) is 0.879. The van der Waals surface area contributed by atoms with Crippen molar-refractivity contribution in [1.29, 1.82) is 0 Å². The second-order valence-electron chi connectivity index (χ2n) is 7.88. The van der Waals surface area contributed by atoms with Crippen LogP contribution in [0.5, 0.6) is 0 Å². The maximum absolute atomic E-state index is 12.9. The second-order valence-corrected chi connectivity index (χ2v) is 7.88. The van der Waals surface area contributed by atoms with Gasteiger partial charge in [-0.05, 0) is 57.2 Å². The van der Waals surface area contributed by atoms with Crippen molar-refractivity contribution in [3.63, 3.8) is 0 Å². The maximum atomic E-state index is 12.9. The molecule has 4 rings (SSSR count). The van der Waals surface area contributed by atoms with E-state index in [1.54, 1.807) is 0 Å². The number of amides is 1. The summed E-state index contributed by atoms with van der Waals surface area (Å²) < 4.78 is 1.95. The van der Waals surface area contributed by atoms with Crippen LogP contribution in [0.25, 0.3) is 5.69 Å². The van der Waals surface area contributed by atoms with Gasteiger partial charge in [0.25, 0.3) is 0 Å². The Hall–Kier alpha value is -1.85. The van der Waals surface area contributed by atoms with Gasteiger partial charge in [0.05, 0.1) is 17.8 Å². The normalized spacial score (nSPS) is 18.5. The number of aryl methyl sites for hydroxylation is 1. The zero-order valence-electron chi connectivity index (χ0n) is 16.2. The first-order valence-electron chi connectivity index (χ1n) is 9.67. The Bertz CT molecular complexity index is 786. The molecule has 2 aliphatic rings. The Labute approximate surface area is 167 Å². The third-order valence-electron chi connectivity index (χ3n) is 6.28. The minimum absolute atomic E-state index is 0. The SMILES string of the molecule is Cc1nn(-c2ccccc2)c(C)c1CC(=O)N1CCC2(CCNC2)CC1.Cl. The number of benzene rings is 1. The molecule has 5 nitrogen and oxygen atoms in total. The third kappa shape index (κ3) is 3.90. The Balaban J connectivity index is 0.00000210. The van der Waals surface area contributed by atoms with Crippen LogP contribution in [0, 0.1) is 19.3 Å². The molecule has 27 heavy (non-hydrogen) atoms. The van der Waals surface area contributed by atoms with Crippen LogP contribution in [-0.2, 0) is 11.2 Å². The lowest BCUT2D eigenvalue weighted by molar-refractivity contribution is -0.132.